The number of rotatable bonds is 7. The predicted octanol–water partition coefficient (Wildman–Crippen LogP) is 2.02. The number of methoxy groups -OCH3 is 1. The molecular formula is C21H26N6O2. The fraction of sp³-hybridized carbons (Fsp3) is 0.429. The van der Waals surface area contributed by atoms with Crippen LogP contribution in [0.25, 0.3) is 5.65 Å². The summed E-state index contributed by atoms with van der Waals surface area (Å²) < 4.78 is 6.91. The first kappa shape index (κ1) is 19.3. The average Bonchev–Trinajstić information content (AvgIpc) is 3.25. The molecule has 29 heavy (non-hydrogen) atoms. The maximum absolute atomic E-state index is 13.2. The van der Waals surface area contributed by atoms with Crippen LogP contribution >= 0.6 is 0 Å². The lowest BCUT2D eigenvalue weighted by Gasteiger charge is -2.34. The predicted molar refractivity (Wildman–Crippen MR) is 109 cm³/mol. The fourth-order valence-corrected chi connectivity index (χ4v) is 3.77. The van der Waals surface area contributed by atoms with E-state index in [4.69, 9.17) is 4.74 Å². The van der Waals surface area contributed by atoms with E-state index in [1.807, 2.05) is 35.2 Å². The molecule has 8 heteroatoms. The summed E-state index contributed by atoms with van der Waals surface area (Å²) in [6.07, 6.45) is 3.24. The van der Waals surface area contributed by atoms with Gasteiger partial charge in [0, 0.05) is 39.2 Å². The van der Waals surface area contributed by atoms with Gasteiger partial charge in [0.15, 0.2) is 5.65 Å². The van der Waals surface area contributed by atoms with E-state index in [2.05, 4.69) is 32.3 Å². The minimum Gasteiger partial charge on any atom is -0.383 e. The zero-order valence-electron chi connectivity index (χ0n) is 16.6. The van der Waals surface area contributed by atoms with Crippen LogP contribution in [0.1, 0.15) is 18.4 Å². The third-order valence-electron chi connectivity index (χ3n) is 5.41. The molecule has 0 N–H and O–H groups in total. The number of nitrogens with zero attached hydrogens (tertiary/aromatic N) is 6. The summed E-state index contributed by atoms with van der Waals surface area (Å²) >= 11 is 0. The summed E-state index contributed by atoms with van der Waals surface area (Å²) in [6, 6.07) is 14.0. The second-order valence-electron chi connectivity index (χ2n) is 7.32. The third-order valence-corrected chi connectivity index (χ3v) is 5.41. The van der Waals surface area contributed by atoms with E-state index < -0.39 is 0 Å². The Hall–Kier alpha value is -3.00. The third kappa shape index (κ3) is 4.54. The largest absolute Gasteiger partial charge is 0.383 e. The van der Waals surface area contributed by atoms with Gasteiger partial charge in [0.1, 0.15) is 12.1 Å². The molecule has 3 aromatic rings. The topological polar surface area (TPSA) is 75.9 Å². The number of benzene rings is 1. The van der Waals surface area contributed by atoms with Crippen LogP contribution in [0.15, 0.2) is 48.8 Å². The van der Waals surface area contributed by atoms with Crippen LogP contribution in [-0.2, 0) is 16.1 Å². The SMILES string of the molecule is COCCN(Cc1ccccc1)C(=O)C1CCN(c2ccc3nncn3n2)CC1. The molecule has 1 aliphatic rings. The lowest BCUT2D eigenvalue weighted by molar-refractivity contribution is -0.137. The molecule has 0 aliphatic carbocycles. The van der Waals surface area contributed by atoms with Gasteiger partial charge in [-0.05, 0) is 30.5 Å². The number of anilines is 1. The van der Waals surface area contributed by atoms with Crippen LogP contribution in [0.2, 0.25) is 0 Å². The smallest absolute Gasteiger partial charge is 0.226 e. The van der Waals surface area contributed by atoms with Gasteiger partial charge in [-0.1, -0.05) is 30.3 Å². The molecule has 4 rings (SSSR count). The average molecular weight is 394 g/mol. The maximum Gasteiger partial charge on any atom is 0.226 e. The van der Waals surface area contributed by atoms with Crippen molar-refractivity contribution >= 4 is 17.4 Å². The minimum absolute atomic E-state index is 0.0328. The lowest BCUT2D eigenvalue weighted by atomic mass is 9.95. The van der Waals surface area contributed by atoms with Crippen molar-refractivity contribution in [2.75, 3.05) is 38.3 Å². The van der Waals surface area contributed by atoms with E-state index in [1.165, 1.54) is 0 Å². The standard InChI is InChI=1S/C21H26N6O2/c1-29-14-13-26(15-17-5-3-2-4-6-17)21(28)18-9-11-25(12-10-18)20-8-7-19-23-22-16-27(19)24-20/h2-8,16,18H,9-15H2,1H3. The van der Waals surface area contributed by atoms with Crippen LogP contribution < -0.4 is 4.90 Å². The molecule has 1 fully saturated rings. The van der Waals surface area contributed by atoms with Crippen molar-refractivity contribution < 1.29 is 9.53 Å². The normalized spacial score (nSPS) is 15.0. The Labute approximate surface area is 170 Å². The molecule has 0 unspecified atom stereocenters. The molecule has 0 radical (unpaired) electrons. The molecule has 0 bridgehead atoms. The van der Waals surface area contributed by atoms with Crippen molar-refractivity contribution in [3.8, 4) is 0 Å². The molecule has 0 atom stereocenters. The van der Waals surface area contributed by atoms with Gasteiger partial charge in [0.05, 0.1) is 6.61 Å². The van der Waals surface area contributed by atoms with E-state index in [1.54, 1.807) is 18.0 Å². The molecule has 2 aromatic heterocycles. The molecule has 1 aliphatic heterocycles. The number of hydrogen-bond donors (Lipinski definition) is 0. The van der Waals surface area contributed by atoms with E-state index in [0.29, 0.717) is 19.7 Å². The zero-order chi connectivity index (χ0) is 20.1. The van der Waals surface area contributed by atoms with Gasteiger partial charge in [-0.15, -0.1) is 15.3 Å². The van der Waals surface area contributed by atoms with Gasteiger partial charge >= 0.3 is 0 Å². The summed E-state index contributed by atoms with van der Waals surface area (Å²) in [6.45, 7) is 3.38. The van der Waals surface area contributed by atoms with E-state index >= 15 is 0 Å². The van der Waals surface area contributed by atoms with Crippen molar-refractivity contribution in [2.24, 2.45) is 5.92 Å². The van der Waals surface area contributed by atoms with Crippen molar-refractivity contribution in [3.05, 3.63) is 54.4 Å². The molecular weight excluding hydrogens is 368 g/mol. The number of ether oxygens (including phenoxy) is 1. The van der Waals surface area contributed by atoms with Crippen molar-refractivity contribution in [1.29, 1.82) is 0 Å². The molecule has 1 saturated heterocycles. The maximum atomic E-state index is 13.2. The van der Waals surface area contributed by atoms with Crippen molar-refractivity contribution in [1.82, 2.24) is 24.7 Å². The van der Waals surface area contributed by atoms with Crippen LogP contribution in [-0.4, -0.2) is 64.0 Å². The molecule has 3 heterocycles. The lowest BCUT2D eigenvalue weighted by Crippen LogP contribution is -2.43. The van der Waals surface area contributed by atoms with E-state index in [-0.39, 0.29) is 11.8 Å². The molecule has 1 amide bonds. The summed E-state index contributed by atoms with van der Waals surface area (Å²) in [5, 5.41) is 12.4. The van der Waals surface area contributed by atoms with Gasteiger partial charge in [0.25, 0.3) is 0 Å². The fourth-order valence-electron chi connectivity index (χ4n) is 3.77. The molecule has 152 valence electrons. The first-order chi connectivity index (χ1) is 14.2. The Bertz CT molecular complexity index is 937. The monoisotopic (exact) mass is 394 g/mol. The van der Waals surface area contributed by atoms with Gasteiger partial charge in [-0.25, -0.2) is 0 Å². The van der Waals surface area contributed by atoms with Gasteiger partial charge in [-0.2, -0.15) is 4.52 Å². The number of carbonyl (C=O) groups is 1. The number of aromatic nitrogens is 4. The summed E-state index contributed by atoms with van der Waals surface area (Å²) in [4.78, 5) is 17.4. The van der Waals surface area contributed by atoms with Gasteiger partial charge in [-0.3, -0.25) is 4.79 Å². The number of amides is 1. The second-order valence-corrected chi connectivity index (χ2v) is 7.32. The highest BCUT2D eigenvalue weighted by molar-refractivity contribution is 5.79. The first-order valence-corrected chi connectivity index (χ1v) is 9.98. The zero-order valence-corrected chi connectivity index (χ0v) is 16.6. The Kier molecular flexibility index (Phi) is 6.00. The van der Waals surface area contributed by atoms with E-state index in [0.717, 1.165) is 43.0 Å². The quantitative estimate of drug-likeness (QED) is 0.610. The number of hydrogen-bond acceptors (Lipinski definition) is 6. The summed E-state index contributed by atoms with van der Waals surface area (Å²) in [5.41, 5.74) is 1.87. The Morgan fingerprint density at radius 2 is 1.97 bits per heavy atom. The highest BCUT2D eigenvalue weighted by Gasteiger charge is 2.29. The summed E-state index contributed by atoms with van der Waals surface area (Å²) in [5.74, 6) is 1.14. The molecule has 0 spiro atoms. The highest BCUT2D eigenvalue weighted by Crippen LogP contribution is 2.24. The molecule has 1 aromatic carbocycles. The summed E-state index contributed by atoms with van der Waals surface area (Å²) in [7, 11) is 1.67. The Morgan fingerprint density at radius 3 is 2.72 bits per heavy atom. The number of piperidine rings is 1. The van der Waals surface area contributed by atoms with Crippen molar-refractivity contribution in [2.45, 2.75) is 19.4 Å². The van der Waals surface area contributed by atoms with E-state index in [9.17, 15) is 4.79 Å². The van der Waals surface area contributed by atoms with Crippen LogP contribution in [0.4, 0.5) is 5.82 Å². The Morgan fingerprint density at radius 1 is 1.17 bits per heavy atom. The Balaban J connectivity index is 1.39. The number of carbonyl (C=O) groups excluding carboxylic acids is 1. The molecule has 0 saturated carbocycles. The van der Waals surface area contributed by atoms with Crippen LogP contribution in [0, 0.1) is 5.92 Å². The number of fused-ring (bicyclic) bond motifs is 1. The van der Waals surface area contributed by atoms with Crippen LogP contribution in [0.5, 0.6) is 0 Å². The van der Waals surface area contributed by atoms with Crippen molar-refractivity contribution in [3.63, 3.8) is 0 Å². The second kappa shape index (κ2) is 9.00. The first-order valence-electron chi connectivity index (χ1n) is 9.98. The van der Waals surface area contributed by atoms with Gasteiger partial charge in [0.2, 0.25) is 5.91 Å². The van der Waals surface area contributed by atoms with Crippen LogP contribution in [0.3, 0.4) is 0 Å². The minimum atomic E-state index is 0.0328. The van der Waals surface area contributed by atoms with Gasteiger partial charge < -0.3 is 14.5 Å². The molecule has 8 nitrogen and oxygen atoms in total. The highest BCUT2D eigenvalue weighted by atomic mass is 16.5.